The van der Waals surface area contributed by atoms with Crippen molar-refractivity contribution in [2.24, 2.45) is 0 Å². The van der Waals surface area contributed by atoms with E-state index in [-0.39, 0.29) is 11.9 Å². The van der Waals surface area contributed by atoms with Gasteiger partial charge in [0.2, 0.25) is 0 Å². The van der Waals surface area contributed by atoms with Gasteiger partial charge < -0.3 is 10.0 Å². The Morgan fingerprint density at radius 3 is 2.38 bits per heavy atom. The van der Waals surface area contributed by atoms with Crippen molar-refractivity contribution in [3.8, 4) is 0 Å². The number of rotatable bonds is 6. The molecule has 1 N–H and O–H groups in total. The molecule has 1 fully saturated rings. The van der Waals surface area contributed by atoms with E-state index in [4.69, 9.17) is 0 Å². The molecule has 5 heteroatoms. The van der Waals surface area contributed by atoms with Crippen LogP contribution in [0.5, 0.6) is 0 Å². The van der Waals surface area contributed by atoms with E-state index in [9.17, 15) is 14.3 Å². The third kappa shape index (κ3) is 4.17. The van der Waals surface area contributed by atoms with Crippen molar-refractivity contribution in [1.82, 2.24) is 4.90 Å². The summed E-state index contributed by atoms with van der Waals surface area (Å²) in [6, 6.07) is 6.10. The quantitative estimate of drug-likeness (QED) is 0.876. The molecule has 0 bridgehead atoms. The van der Waals surface area contributed by atoms with Gasteiger partial charge in [0.15, 0.2) is 0 Å². The molecule has 0 aromatic heterocycles. The van der Waals surface area contributed by atoms with E-state index in [2.05, 4.69) is 16.7 Å². The Balaban J connectivity index is 1.92. The number of carbonyl (C=O) groups is 1. The molecule has 1 aromatic rings. The molecule has 1 aromatic carbocycles. The lowest BCUT2D eigenvalue weighted by Gasteiger charge is -2.38. The molecular weight excluding hydrogens is 271 g/mol. The molecule has 1 aliphatic rings. The van der Waals surface area contributed by atoms with Crippen LogP contribution in [0.2, 0.25) is 0 Å². The number of carboxylic acid groups (broad SMARTS) is 1. The predicted octanol–water partition coefficient (Wildman–Crippen LogP) is 2.59. The fourth-order valence-electron chi connectivity index (χ4n) is 2.80. The summed E-state index contributed by atoms with van der Waals surface area (Å²) < 4.78 is 12.9. The summed E-state index contributed by atoms with van der Waals surface area (Å²) in [7, 11) is 0. The standard InChI is InChI=1S/C16H23FN2O2/c1-2-3-4-15(16(20)21)19-11-9-18(10-12-19)14-7-5-13(17)6-8-14/h5-8,15H,2-4,9-12H2,1H3,(H,20,21). The van der Waals surface area contributed by atoms with Crippen LogP contribution < -0.4 is 4.90 Å². The Labute approximate surface area is 125 Å². The van der Waals surface area contributed by atoms with E-state index in [1.807, 2.05) is 0 Å². The van der Waals surface area contributed by atoms with E-state index in [1.165, 1.54) is 12.1 Å². The van der Waals surface area contributed by atoms with Gasteiger partial charge in [-0.2, -0.15) is 0 Å². The fraction of sp³-hybridized carbons (Fsp3) is 0.562. The molecule has 1 heterocycles. The third-order valence-corrected chi connectivity index (χ3v) is 4.06. The number of carboxylic acids is 1. The molecule has 2 rings (SSSR count). The summed E-state index contributed by atoms with van der Waals surface area (Å²) in [5.74, 6) is -0.957. The minimum atomic E-state index is -0.723. The van der Waals surface area contributed by atoms with Crippen LogP contribution >= 0.6 is 0 Å². The number of unbranched alkanes of at least 4 members (excludes halogenated alkanes) is 1. The third-order valence-electron chi connectivity index (χ3n) is 4.06. The molecule has 0 aliphatic carbocycles. The maximum absolute atomic E-state index is 12.9. The lowest BCUT2D eigenvalue weighted by atomic mass is 10.1. The largest absolute Gasteiger partial charge is 0.480 e. The second-order valence-electron chi connectivity index (χ2n) is 5.50. The molecule has 1 saturated heterocycles. The van der Waals surface area contributed by atoms with Crippen molar-refractivity contribution in [3.63, 3.8) is 0 Å². The van der Waals surface area contributed by atoms with Gasteiger partial charge in [0.1, 0.15) is 11.9 Å². The summed E-state index contributed by atoms with van der Waals surface area (Å²) in [5.41, 5.74) is 0.997. The maximum Gasteiger partial charge on any atom is 0.320 e. The molecule has 1 aliphatic heterocycles. The van der Waals surface area contributed by atoms with Crippen LogP contribution in [-0.4, -0.2) is 48.2 Å². The zero-order valence-electron chi connectivity index (χ0n) is 12.5. The van der Waals surface area contributed by atoms with Crippen LogP contribution in [0, 0.1) is 5.82 Å². The van der Waals surface area contributed by atoms with Gasteiger partial charge in [-0.05, 0) is 30.7 Å². The van der Waals surface area contributed by atoms with Gasteiger partial charge in [-0.3, -0.25) is 9.69 Å². The van der Waals surface area contributed by atoms with Crippen molar-refractivity contribution < 1.29 is 14.3 Å². The maximum atomic E-state index is 12.9. The highest BCUT2D eigenvalue weighted by Gasteiger charge is 2.28. The topological polar surface area (TPSA) is 43.8 Å². The van der Waals surface area contributed by atoms with Gasteiger partial charge in [-0.15, -0.1) is 0 Å². The minimum Gasteiger partial charge on any atom is -0.480 e. The fourth-order valence-corrected chi connectivity index (χ4v) is 2.80. The number of halogens is 1. The lowest BCUT2D eigenvalue weighted by Crippen LogP contribution is -2.52. The zero-order valence-corrected chi connectivity index (χ0v) is 12.5. The number of anilines is 1. The molecule has 0 spiro atoms. The molecule has 116 valence electrons. The second-order valence-corrected chi connectivity index (χ2v) is 5.50. The predicted molar refractivity (Wildman–Crippen MR) is 81.1 cm³/mol. The molecule has 0 amide bonds. The second kappa shape index (κ2) is 7.41. The normalized spacial score (nSPS) is 17.7. The molecule has 21 heavy (non-hydrogen) atoms. The molecular formula is C16H23FN2O2. The van der Waals surface area contributed by atoms with Crippen LogP contribution in [0.15, 0.2) is 24.3 Å². The SMILES string of the molecule is CCCCC(C(=O)O)N1CCN(c2ccc(F)cc2)CC1. The first-order valence-electron chi connectivity index (χ1n) is 7.59. The van der Waals surface area contributed by atoms with Crippen molar-refractivity contribution in [2.75, 3.05) is 31.1 Å². The summed E-state index contributed by atoms with van der Waals surface area (Å²) in [5, 5.41) is 9.37. The van der Waals surface area contributed by atoms with Gasteiger partial charge >= 0.3 is 5.97 Å². The number of nitrogens with zero attached hydrogens (tertiary/aromatic N) is 2. The first-order valence-corrected chi connectivity index (χ1v) is 7.59. The van der Waals surface area contributed by atoms with Crippen LogP contribution in [0.4, 0.5) is 10.1 Å². The first kappa shape index (κ1) is 15.8. The number of aliphatic carboxylic acids is 1. The van der Waals surface area contributed by atoms with Crippen LogP contribution in [0.3, 0.4) is 0 Å². The molecule has 0 radical (unpaired) electrons. The Kier molecular flexibility index (Phi) is 5.56. The summed E-state index contributed by atoms with van der Waals surface area (Å²) in [6.07, 6.45) is 2.66. The van der Waals surface area contributed by atoms with Crippen molar-refractivity contribution in [2.45, 2.75) is 32.2 Å². The highest BCUT2D eigenvalue weighted by atomic mass is 19.1. The minimum absolute atomic E-state index is 0.233. The average molecular weight is 294 g/mol. The number of hydrogen-bond donors (Lipinski definition) is 1. The van der Waals surface area contributed by atoms with Gasteiger partial charge in [0.25, 0.3) is 0 Å². The van der Waals surface area contributed by atoms with Crippen LogP contribution in [0.25, 0.3) is 0 Å². The van der Waals surface area contributed by atoms with Gasteiger partial charge in [-0.25, -0.2) is 4.39 Å². The summed E-state index contributed by atoms with van der Waals surface area (Å²) in [6.45, 7) is 5.10. The molecule has 1 atom stereocenters. The monoisotopic (exact) mass is 294 g/mol. The number of hydrogen-bond acceptors (Lipinski definition) is 3. The van der Waals surface area contributed by atoms with E-state index in [1.54, 1.807) is 12.1 Å². The number of benzene rings is 1. The summed E-state index contributed by atoms with van der Waals surface area (Å²) in [4.78, 5) is 15.6. The summed E-state index contributed by atoms with van der Waals surface area (Å²) >= 11 is 0. The highest BCUT2D eigenvalue weighted by molar-refractivity contribution is 5.73. The highest BCUT2D eigenvalue weighted by Crippen LogP contribution is 2.19. The Morgan fingerprint density at radius 1 is 1.24 bits per heavy atom. The first-order chi connectivity index (χ1) is 10.1. The smallest absolute Gasteiger partial charge is 0.320 e. The van der Waals surface area contributed by atoms with E-state index < -0.39 is 5.97 Å². The Bertz CT molecular complexity index is 456. The van der Waals surface area contributed by atoms with Crippen molar-refractivity contribution in [1.29, 1.82) is 0 Å². The van der Waals surface area contributed by atoms with E-state index in [0.717, 1.165) is 44.7 Å². The van der Waals surface area contributed by atoms with E-state index >= 15 is 0 Å². The van der Waals surface area contributed by atoms with Crippen LogP contribution in [-0.2, 0) is 4.79 Å². The molecule has 1 unspecified atom stereocenters. The average Bonchev–Trinajstić information content (AvgIpc) is 2.49. The molecule has 4 nitrogen and oxygen atoms in total. The van der Waals surface area contributed by atoms with Crippen molar-refractivity contribution >= 4 is 11.7 Å². The van der Waals surface area contributed by atoms with Gasteiger partial charge in [-0.1, -0.05) is 19.8 Å². The lowest BCUT2D eigenvalue weighted by molar-refractivity contribution is -0.143. The van der Waals surface area contributed by atoms with Crippen molar-refractivity contribution in [3.05, 3.63) is 30.1 Å². The van der Waals surface area contributed by atoms with Gasteiger partial charge in [0.05, 0.1) is 0 Å². The number of piperazine rings is 1. The van der Waals surface area contributed by atoms with Gasteiger partial charge in [0, 0.05) is 31.9 Å². The molecule has 0 saturated carbocycles. The Morgan fingerprint density at radius 2 is 1.86 bits per heavy atom. The Hall–Kier alpha value is -1.62. The van der Waals surface area contributed by atoms with Crippen LogP contribution in [0.1, 0.15) is 26.2 Å². The zero-order chi connectivity index (χ0) is 15.2. The van der Waals surface area contributed by atoms with E-state index in [0.29, 0.717) is 6.42 Å².